The van der Waals surface area contributed by atoms with Gasteiger partial charge in [0.25, 0.3) is 0 Å². The molecule has 3 rings (SSSR count). The summed E-state index contributed by atoms with van der Waals surface area (Å²) in [7, 11) is 0. The van der Waals surface area contributed by atoms with Crippen LogP contribution in [0, 0.1) is 27.7 Å². The number of thiophene rings is 2. The van der Waals surface area contributed by atoms with Gasteiger partial charge in [0, 0.05) is 25.1 Å². The zero-order valence-corrected chi connectivity index (χ0v) is 16.7. The molecule has 4 heteroatoms. The Labute approximate surface area is 156 Å². The second-order valence-corrected chi connectivity index (χ2v) is 9.65. The van der Waals surface area contributed by atoms with E-state index in [0.29, 0.717) is 0 Å². The van der Waals surface area contributed by atoms with E-state index >= 15 is 0 Å². The van der Waals surface area contributed by atoms with E-state index in [-0.39, 0.29) is 5.78 Å². The second kappa shape index (κ2) is 6.51. The maximum Gasteiger partial charge on any atom is 0.188 e. The average molecular weight is 373 g/mol. The fourth-order valence-corrected chi connectivity index (χ4v) is 5.61. The lowest BCUT2D eigenvalue weighted by Gasteiger charge is -2.28. The molecular weight excluding hydrogens is 352 g/mol. The Morgan fingerprint density at radius 3 is 2.00 bits per heavy atom. The van der Waals surface area contributed by atoms with Gasteiger partial charge in [-0.15, -0.1) is 22.7 Å². The third-order valence-electron chi connectivity index (χ3n) is 4.24. The highest BCUT2D eigenvalue weighted by molar-refractivity contribution is 7.82. The first-order chi connectivity index (χ1) is 11.3. The zero-order valence-electron chi connectivity index (χ0n) is 14.2. The molecule has 0 bridgehead atoms. The quantitative estimate of drug-likeness (QED) is 0.432. The van der Waals surface area contributed by atoms with Gasteiger partial charge < -0.3 is 0 Å². The Balaban J connectivity index is 2.25. The van der Waals surface area contributed by atoms with Crippen LogP contribution in [0.1, 0.15) is 41.0 Å². The number of aryl methyl sites for hydroxylation is 4. The van der Waals surface area contributed by atoms with Gasteiger partial charge in [0.2, 0.25) is 0 Å². The molecule has 24 heavy (non-hydrogen) atoms. The highest BCUT2D eigenvalue weighted by Crippen LogP contribution is 2.44. The van der Waals surface area contributed by atoms with Crippen molar-refractivity contribution in [2.24, 2.45) is 0 Å². The number of rotatable bonds is 4. The Hall–Kier alpha value is -1.36. The van der Waals surface area contributed by atoms with E-state index in [1.54, 1.807) is 22.7 Å². The number of carbonyl (C=O) groups is 1. The van der Waals surface area contributed by atoms with Gasteiger partial charge in [0.1, 0.15) is 4.75 Å². The first-order valence-corrected chi connectivity index (χ1v) is 9.89. The van der Waals surface area contributed by atoms with Crippen LogP contribution in [0.25, 0.3) is 0 Å². The van der Waals surface area contributed by atoms with Crippen LogP contribution in [-0.2, 0) is 4.75 Å². The Bertz CT molecular complexity index is 889. The van der Waals surface area contributed by atoms with E-state index in [4.69, 9.17) is 12.6 Å². The zero-order chi connectivity index (χ0) is 17.5. The Kier molecular flexibility index (Phi) is 4.73. The number of Topliss-reactive ketones (excluding diaryl/α,β-unsaturated/α-hetero) is 1. The van der Waals surface area contributed by atoms with Gasteiger partial charge in [0.05, 0.1) is 0 Å². The van der Waals surface area contributed by atoms with Crippen molar-refractivity contribution in [2.75, 3.05) is 0 Å². The van der Waals surface area contributed by atoms with E-state index in [0.717, 1.165) is 31.3 Å². The van der Waals surface area contributed by atoms with Crippen LogP contribution in [0.2, 0.25) is 0 Å². The van der Waals surface area contributed by atoms with Crippen molar-refractivity contribution >= 4 is 41.1 Å². The molecule has 0 amide bonds. The van der Waals surface area contributed by atoms with E-state index in [1.807, 2.05) is 50.2 Å². The first-order valence-electron chi connectivity index (χ1n) is 7.81. The number of hydrogen-bond acceptors (Lipinski definition) is 4. The fourth-order valence-electron chi connectivity index (χ4n) is 3.13. The third-order valence-corrected chi connectivity index (χ3v) is 6.87. The number of benzene rings is 1. The monoisotopic (exact) mass is 372 g/mol. The summed E-state index contributed by atoms with van der Waals surface area (Å²) >= 11 is 8.38. The molecule has 0 radical (unpaired) electrons. The van der Waals surface area contributed by atoms with Crippen LogP contribution in [0.3, 0.4) is 0 Å². The minimum atomic E-state index is -0.964. The standard InChI is InChI=1S/C20H20OS3/c1-12-10-17(14(3)23-12)19(21)20(22,16-8-6-5-7-9-16)18-11-13(2)24-15(18)4/h5-11,22H,1-4H3. The molecule has 124 valence electrons. The fraction of sp³-hybridized carbons (Fsp3) is 0.250. The Morgan fingerprint density at radius 1 is 0.917 bits per heavy atom. The van der Waals surface area contributed by atoms with Gasteiger partial charge in [-0.05, 0) is 51.0 Å². The van der Waals surface area contributed by atoms with Crippen molar-refractivity contribution in [2.45, 2.75) is 32.4 Å². The van der Waals surface area contributed by atoms with Crippen LogP contribution in [0.15, 0.2) is 42.5 Å². The molecule has 2 heterocycles. The molecule has 2 aromatic heterocycles. The smallest absolute Gasteiger partial charge is 0.188 e. The minimum Gasteiger partial charge on any atom is -0.292 e. The number of hydrogen-bond donors (Lipinski definition) is 1. The lowest BCUT2D eigenvalue weighted by molar-refractivity contribution is 0.0960. The predicted molar refractivity (Wildman–Crippen MR) is 108 cm³/mol. The van der Waals surface area contributed by atoms with Crippen molar-refractivity contribution in [3.63, 3.8) is 0 Å². The van der Waals surface area contributed by atoms with Gasteiger partial charge in [-0.1, -0.05) is 30.3 Å². The molecule has 3 aromatic rings. The van der Waals surface area contributed by atoms with Crippen LogP contribution in [0.4, 0.5) is 0 Å². The number of thiol groups is 1. The summed E-state index contributed by atoms with van der Waals surface area (Å²) in [4.78, 5) is 18.1. The normalized spacial score (nSPS) is 13.7. The molecule has 0 N–H and O–H groups in total. The summed E-state index contributed by atoms with van der Waals surface area (Å²) in [5, 5.41) is 0. The van der Waals surface area contributed by atoms with E-state index in [2.05, 4.69) is 19.9 Å². The molecule has 0 saturated carbocycles. The van der Waals surface area contributed by atoms with Crippen molar-refractivity contribution < 1.29 is 4.79 Å². The van der Waals surface area contributed by atoms with Gasteiger partial charge in [-0.3, -0.25) is 4.79 Å². The molecule has 1 unspecified atom stereocenters. The SMILES string of the molecule is Cc1cc(C(=O)C(S)(c2ccccc2)c2cc(C)sc2C)c(C)s1. The van der Waals surface area contributed by atoms with Gasteiger partial charge in [-0.2, -0.15) is 12.6 Å². The molecule has 1 atom stereocenters. The topological polar surface area (TPSA) is 17.1 Å². The number of ketones is 1. The first kappa shape index (κ1) is 17.5. The Morgan fingerprint density at radius 2 is 1.50 bits per heavy atom. The minimum absolute atomic E-state index is 0.0554. The van der Waals surface area contributed by atoms with Gasteiger partial charge in [0.15, 0.2) is 5.78 Å². The summed E-state index contributed by atoms with van der Waals surface area (Å²) in [5.74, 6) is 0.0554. The maximum absolute atomic E-state index is 13.6. The highest BCUT2D eigenvalue weighted by atomic mass is 32.1. The third kappa shape index (κ3) is 2.87. The highest BCUT2D eigenvalue weighted by Gasteiger charge is 2.41. The van der Waals surface area contributed by atoms with E-state index in [1.165, 1.54) is 4.88 Å². The summed E-state index contributed by atoms with van der Waals surface area (Å²) < 4.78 is -0.964. The van der Waals surface area contributed by atoms with E-state index < -0.39 is 4.75 Å². The van der Waals surface area contributed by atoms with Crippen molar-refractivity contribution in [3.05, 3.63) is 78.7 Å². The maximum atomic E-state index is 13.6. The average Bonchev–Trinajstić information content (AvgIpc) is 3.07. The van der Waals surface area contributed by atoms with E-state index in [9.17, 15) is 4.79 Å². The number of carbonyl (C=O) groups excluding carboxylic acids is 1. The summed E-state index contributed by atoms with van der Waals surface area (Å²) in [6, 6.07) is 14.0. The molecule has 1 aromatic carbocycles. The summed E-state index contributed by atoms with van der Waals surface area (Å²) in [6.07, 6.45) is 0. The van der Waals surface area contributed by atoms with Crippen LogP contribution < -0.4 is 0 Å². The molecule has 0 spiro atoms. The van der Waals surface area contributed by atoms with Crippen LogP contribution >= 0.6 is 35.3 Å². The lowest BCUT2D eigenvalue weighted by atomic mass is 9.83. The molecule has 0 aliphatic heterocycles. The second-order valence-electron chi connectivity index (χ2n) is 6.06. The van der Waals surface area contributed by atoms with Crippen molar-refractivity contribution in [1.82, 2.24) is 0 Å². The predicted octanol–water partition coefficient (Wildman–Crippen LogP) is 6.10. The van der Waals surface area contributed by atoms with Crippen molar-refractivity contribution in [1.29, 1.82) is 0 Å². The molecule has 1 nitrogen and oxygen atoms in total. The molecule has 0 aliphatic carbocycles. The van der Waals surface area contributed by atoms with Crippen molar-refractivity contribution in [3.8, 4) is 0 Å². The van der Waals surface area contributed by atoms with Crippen LogP contribution in [0.5, 0.6) is 0 Å². The summed E-state index contributed by atoms with van der Waals surface area (Å²) in [6.45, 7) is 8.19. The van der Waals surface area contributed by atoms with Gasteiger partial charge >= 0.3 is 0 Å². The largest absolute Gasteiger partial charge is 0.292 e. The summed E-state index contributed by atoms with van der Waals surface area (Å²) in [5.41, 5.74) is 2.69. The molecule has 0 fully saturated rings. The van der Waals surface area contributed by atoms with Crippen LogP contribution in [-0.4, -0.2) is 5.78 Å². The molecular formula is C20H20OS3. The lowest BCUT2D eigenvalue weighted by Crippen LogP contribution is -2.32. The molecule has 0 aliphatic rings. The van der Waals surface area contributed by atoms with Gasteiger partial charge in [-0.25, -0.2) is 0 Å². The molecule has 0 saturated heterocycles.